The predicted molar refractivity (Wildman–Crippen MR) is 134 cm³/mol. The fourth-order valence-electron chi connectivity index (χ4n) is 4.86. The van der Waals surface area contributed by atoms with E-state index < -0.39 is 0 Å². The number of allylic oxidation sites excluding steroid dienone is 2. The molecule has 180 valence electrons. The molecule has 1 aliphatic heterocycles. The number of carbonyl (C=O) groups excluding carboxylic acids is 1. The second-order valence-corrected chi connectivity index (χ2v) is 9.41. The second-order valence-electron chi connectivity index (χ2n) is 9.41. The van der Waals surface area contributed by atoms with Gasteiger partial charge in [0.1, 0.15) is 6.20 Å². The molecule has 0 radical (unpaired) electrons. The largest absolute Gasteiger partial charge is 0.338 e. The van der Waals surface area contributed by atoms with E-state index in [4.69, 9.17) is 0 Å². The van der Waals surface area contributed by atoms with Crippen molar-refractivity contribution in [3.05, 3.63) is 24.6 Å². The van der Waals surface area contributed by atoms with Crippen molar-refractivity contribution in [2.24, 2.45) is 0 Å². The summed E-state index contributed by atoms with van der Waals surface area (Å²) < 4.78 is 0.794. The molecule has 0 spiro atoms. The maximum Gasteiger partial charge on any atom is 0.221 e. The normalized spacial score (nSPS) is 21.5. The maximum absolute atomic E-state index is 11.5. The van der Waals surface area contributed by atoms with Crippen molar-refractivity contribution >= 4 is 5.91 Å². The van der Waals surface area contributed by atoms with Crippen LogP contribution < -0.4 is 10.6 Å². The maximum atomic E-state index is 11.5. The molecule has 4 nitrogen and oxygen atoms in total. The third-order valence-corrected chi connectivity index (χ3v) is 6.89. The lowest BCUT2D eigenvalue weighted by molar-refractivity contribution is -0.923. The molecule has 0 aromatic heterocycles. The molecule has 1 aliphatic rings. The first-order valence-corrected chi connectivity index (χ1v) is 13.3. The minimum Gasteiger partial charge on any atom is -0.338 e. The monoisotopic (exact) mass is 434 g/mol. The Morgan fingerprint density at radius 1 is 0.935 bits per heavy atom. The van der Waals surface area contributed by atoms with Crippen LogP contribution in [0.1, 0.15) is 124 Å². The zero-order chi connectivity index (χ0) is 22.8. The molecule has 31 heavy (non-hydrogen) atoms. The van der Waals surface area contributed by atoms with Crippen LogP contribution in [-0.2, 0) is 4.79 Å². The summed E-state index contributed by atoms with van der Waals surface area (Å²) in [6.07, 6.45) is 29.7. The van der Waals surface area contributed by atoms with Gasteiger partial charge in [-0.3, -0.25) is 9.28 Å². The summed E-state index contributed by atoms with van der Waals surface area (Å²) in [5, 5.41) is 6.61. The molecule has 3 atom stereocenters. The lowest BCUT2D eigenvalue weighted by Gasteiger charge is -2.41. The predicted octanol–water partition coefficient (Wildman–Crippen LogP) is 7.13. The van der Waals surface area contributed by atoms with Crippen LogP contribution in [0.25, 0.3) is 0 Å². The van der Waals surface area contributed by atoms with Gasteiger partial charge in [0.05, 0.1) is 12.7 Å². The van der Waals surface area contributed by atoms with Crippen LogP contribution in [-0.4, -0.2) is 29.3 Å². The Labute approximate surface area is 193 Å². The van der Waals surface area contributed by atoms with Gasteiger partial charge in [-0.05, 0) is 32.6 Å². The summed E-state index contributed by atoms with van der Waals surface area (Å²) in [6, 6.07) is 0. The van der Waals surface area contributed by atoms with Crippen molar-refractivity contribution in [3.8, 4) is 0 Å². The zero-order valence-corrected chi connectivity index (χ0v) is 21.1. The highest BCUT2D eigenvalue weighted by Crippen LogP contribution is 2.25. The summed E-state index contributed by atoms with van der Waals surface area (Å²) in [7, 11) is 0. The number of quaternary nitrogens is 1. The standard InChI is InChI=1S/C27H51N3O/c1-5-7-8-9-10-11-12-13-14-15-16-17-18-19-20-21-22-27-28-23-24-30(27,6-2)25(3)29-26(4)31/h18-19,23-25,27-28H,5-17,20-22H2,1-4H3/p+1/b19-18+. The van der Waals surface area contributed by atoms with E-state index in [0.717, 1.165) is 23.9 Å². The van der Waals surface area contributed by atoms with Gasteiger partial charge < -0.3 is 10.6 Å². The quantitative estimate of drug-likeness (QED) is 0.129. The topological polar surface area (TPSA) is 41.1 Å². The van der Waals surface area contributed by atoms with Crippen LogP contribution in [0, 0.1) is 0 Å². The van der Waals surface area contributed by atoms with E-state index >= 15 is 0 Å². The Bertz CT molecular complexity index is 517. The van der Waals surface area contributed by atoms with Crippen molar-refractivity contribution in [1.29, 1.82) is 0 Å². The third-order valence-electron chi connectivity index (χ3n) is 6.89. The number of hydrogen-bond acceptors (Lipinski definition) is 2. The van der Waals surface area contributed by atoms with Crippen LogP contribution in [0.5, 0.6) is 0 Å². The fraction of sp³-hybridized carbons (Fsp3) is 0.815. The summed E-state index contributed by atoms with van der Waals surface area (Å²) in [6.45, 7) is 9.18. The average molecular weight is 435 g/mol. The molecule has 0 aromatic rings. The number of nitrogens with one attached hydrogen (secondary N) is 2. The fourth-order valence-corrected chi connectivity index (χ4v) is 4.86. The first-order valence-electron chi connectivity index (χ1n) is 13.3. The van der Waals surface area contributed by atoms with Crippen molar-refractivity contribution in [1.82, 2.24) is 10.6 Å². The Morgan fingerprint density at radius 2 is 1.48 bits per heavy atom. The minimum absolute atomic E-state index is 0.0443. The van der Waals surface area contributed by atoms with Gasteiger partial charge in [-0.15, -0.1) is 0 Å². The molecule has 0 fully saturated rings. The smallest absolute Gasteiger partial charge is 0.221 e. The van der Waals surface area contributed by atoms with E-state index in [1.165, 1.54) is 83.5 Å². The van der Waals surface area contributed by atoms with E-state index in [1.54, 1.807) is 6.92 Å². The Morgan fingerprint density at radius 3 is 2.03 bits per heavy atom. The molecular formula is C27H52N3O+. The second kappa shape index (κ2) is 17.3. The van der Waals surface area contributed by atoms with Crippen molar-refractivity contribution in [2.45, 2.75) is 136 Å². The van der Waals surface area contributed by atoms with E-state index in [-0.39, 0.29) is 12.1 Å². The molecule has 2 N–H and O–H groups in total. The van der Waals surface area contributed by atoms with Gasteiger partial charge in [-0.25, -0.2) is 0 Å². The first kappa shape index (κ1) is 27.7. The molecule has 1 amide bonds. The summed E-state index contributed by atoms with van der Waals surface area (Å²) in [4.78, 5) is 11.5. The van der Waals surface area contributed by atoms with Crippen LogP contribution in [0.2, 0.25) is 0 Å². The highest BCUT2D eigenvalue weighted by Gasteiger charge is 2.41. The molecular weight excluding hydrogens is 382 g/mol. The van der Waals surface area contributed by atoms with Crippen molar-refractivity contribution in [3.63, 3.8) is 0 Å². The number of amides is 1. The number of unbranched alkanes of at least 4 members (excludes halogenated alkanes) is 12. The van der Waals surface area contributed by atoms with Gasteiger partial charge >= 0.3 is 0 Å². The summed E-state index contributed by atoms with van der Waals surface area (Å²) in [5.74, 6) is 0.0443. The van der Waals surface area contributed by atoms with Gasteiger partial charge in [-0.2, -0.15) is 0 Å². The molecule has 1 heterocycles. The van der Waals surface area contributed by atoms with Crippen molar-refractivity contribution < 1.29 is 9.28 Å². The highest BCUT2D eigenvalue weighted by molar-refractivity contribution is 5.72. The first-order chi connectivity index (χ1) is 15.1. The Hall–Kier alpha value is -1.29. The van der Waals surface area contributed by atoms with Crippen molar-refractivity contribution in [2.75, 3.05) is 6.54 Å². The van der Waals surface area contributed by atoms with Crippen LogP contribution in [0.15, 0.2) is 24.6 Å². The minimum atomic E-state index is 0.0443. The molecule has 1 rings (SSSR count). The van der Waals surface area contributed by atoms with Gasteiger partial charge in [0, 0.05) is 20.3 Å². The van der Waals surface area contributed by atoms with Crippen LogP contribution >= 0.6 is 0 Å². The lowest BCUT2D eigenvalue weighted by atomic mass is 10.1. The third kappa shape index (κ3) is 11.2. The van der Waals surface area contributed by atoms with Crippen LogP contribution in [0.3, 0.4) is 0 Å². The Kier molecular flexibility index (Phi) is 15.5. The zero-order valence-electron chi connectivity index (χ0n) is 21.1. The number of carbonyl (C=O) groups is 1. The molecule has 0 aromatic carbocycles. The highest BCUT2D eigenvalue weighted by atomic mass is 16.1. The summed E-state index contributed by atoms with van der Waals surface area (Å²) >= 11 is 0. The lowest BCUT2D eigenvalue weighted by Crippen LogP contribution is -2.62. The SMILES string of the molecule is CCCCCCCCCCCCC/C=C/CCCC1NC=C[N+]1(CC)C(C)NC(C)=O. The molecule has 3 unspecified atom stereocenters. The van der Waals surface area contributed by atoms with E-state index in [9.17, 15) is 4.79 Å². The number of hydrogen-bond donors (Lipinski definition) is 2. The molecule has 0 bridgehead atoms. The van der Waals surface area contributed by atoms with Gasteiger partial charge in [0.2, 0.25) is 5.91 Å². The number of rotatable bonds is 19. The number of nitrogens with zero attached hydrogens (tertiary/aromatic N) is 1. The Balaban J connectivity index is 2.05. The van der Waals surface area contributed by atoms with Gasteiger partial charge in [0.15, 0.2) is 12.3 Å². The average Bonchev–Trinajstić information content (AvgIpc) is 3.17. The van der Waals surface area contributed by atoms with E-state index in [2.05, 4.69) is 56.0 Å². The molecule has 4 heteroatoms. The van der Waals surface area contributed by atoms with Gasteiger partial charge in [0.25, 0.3) is 0 Å². The van der Waals surface area contributed by atoms with Crippen LogP contribution in [0.4, 0.5) is 0 Å². The molecule has 0 saturated heterocycles. The summed E-state index contributed by atoms with van der Waals surface area (Å²) in [5.41, 5.74) is 0. The van der Waals surface area contributed by atoms with E-state index in [0.29, 0.717) is 6.17 Å². The van der Waals surface area contributed by atoms with E-state index in [1.807, 2.05) is 0 Å². The molecule has 0 aliphatic carbocycles. The van der Waals surface area contributed by atoms with Gasteiger partial charge in [-0.1, -0.05) is 83.3 Å². The molecule has 0 saturated carbocycles.